The third-order valence-electron chi connectivity index (χ3n) is 3.13. The third-order valence-corrected chi connectivity index (χ3v) is 12.0. The van der Waals surface area contributed by atoms with Gasteiger partial charge in [-0.3, -0.25) is 0 Å². The number of rotatable bonds is 2. The van der Waals surface area contributed by atoms with Gasteiger partial charge in [-0.2, -0.15) is 0 Å². The molecule has 2 unspecified atom stereocenters. The van der Waals surface area contributed by atoms with Crippen molar-refractivity contribution in [2.24, 2.45) is 0 Å². The van der Waals surface area contributed by atoms with Crippen LogP contribution in [0.2, 0.25) is 0 Å². The first kappa shape index (κ1) is 21.7. The summed E-state index contributed by atoms with van der Waals surface area (Å²) in [6.45, 7) is 0. The van der Waals surface area contributed by atoms with Gasteiger partial charge in [0.15, 0.2) is 0 Å². The molecule has 6 heteroatoms. The molecule has 3 rings (SSSR count). The minimum absolute atomic E-state index is 0. The zero-order valence-corrected chi connectivity index (χ0v) is 17.6. The van der Waals surface area contributed by atoms with Crippen LogP contribution in [-0.4, -0.2) is 10.8 Å². The summed E-state index contributed by atoms with van der Waals surface area (Å²) >= 11 is 1.71. The van der Waals surface area contributed by atoms with E-state index in [0.717, 1.165) is 0 Å². The van der Waals surface area contributed by atoms with E-state index in [9.17, 15) is 0 Å². The van der Waals surface area contributed by atoms with Crippen molar-refractivity contribution in [1.82, 2.24) is 0 Å². The summed E-state index contributed by atoms with van der Waals surface area (Å²) in [7, 11) is 1.44. The van der Waals surface area contributed by atoms with Crippen molar-refractivity contribution < 1.29 is 61.4 Å². The standard InChI is InChI=1S/C15H12P2.3ClH.Zr/c1-3-7-12(8-4-1)14-15(17-11-16-14)13-9-5-2-6-10-13;;;;/h1-11,14H;3*1H;/q;;;;+2/p-2. The Labute approximate surface area is 161 Å². The summed E-state index contributed by atoms with van der Waals surface area (Å²) in [4.78, 5) is -0.328. The normalized spacial score (nSPS) is 20.0. The molecule has 21 heavy (non-hydrogen) atoms. The summed E-state index contributed by atoms with van der Waals surface area (Å²) in [6.07, 6.45) is 0. The van der Waals surface area contributed by atoms with Gasteiger partial charge in [0.25, 0.3) is 0 Å². The average molecular weight is 453 g/mol. The molecular formula is C15H13Cl3P2Zr. The van der Waals surface area contributed by atoms with E-state index < -0.39 is 0 Å². The van der Waals surface area contributed by atoms with Crippen LogP contribution < -0.4 is 37.2 Å². The quantitative estimate of drug-likeness (QED) is 0.402. The topological polar surface area (TPSA) is 0 Å². The SMILES string of the molecule is [Cl-].[Cl-].[Cl-].[Zr+3][PH]1=CP=C(c2ccccc2)C1c1ccccc1. The zero-order chi connectivity index (χ0) is 12.4. The molecule has 108 valence electrons. The van der Waals surface area contributed by atoms with E-state index in [4.69, 9.17) is 0 Å². The van der Waals surface area contributed by atoms with E-state index >= 15 is 0 Å². The zero-order valence-electron chi connectivity index (χ0n) is 11.0. The molecule has 0 radical (unpaired) electrons. The van der Waals surface area contributed by atoms with Crippen LogP contribution >= 0.6 is 13.0 Å². The molecule has 0 saturated carbocycles. The molecule has 2 aromatic rings. The van der Waals surface area contributed by atoms with Crippen LogP contribution in [0.3, 0.4) is 0 Å². The van der Waals surface area contributed by atoms with Crippen LogP contribution in [0, 0.1) is 0 Å². The van der Waals surface area contributed by atoms with Gasteiger partial charge < -0.3 is 37.2 Å². The Morgan fingerprint density at radius 2 is 1.33 bits per heavy atom. The van der Waals surface area contributed by atoms with Gasteiger partial charge in [-0.15, -0.1) is 0 Å². The Morgan fingerprint density at radius 3 is 1.90 bits per heavy atom. The molecular weight excluding hydrogens is 440 g/mol. The Hall–Kier alpha value is 0.663. The number of halogens is 3. The summed E-state index contributed by atoms with van der Waals surface area (Å²) in [5.74, 6) is 0. The molecule has 1 heterocycles. The maximum atomic E-state index is 2.56. The number of benzene rings is 2. The van der Waals surface area contributed by atoms with Gasteiger partial charge in [0.05, 0.1) is 0 Å². The first-order valence-electron chi connectivity index (χ1n) is 5.96. The fraction of sp³-hybridized carbons (Fsp3) is 0.0667. The molecule has 0 aromatic heterocycles. The molecule has 0 fully saturated rings. The maximum absolute atomic E-state index is 2.56. The van der Waals surface area contributed by atoms with Crippen LogP contribution in [0.25, 0.3) is 0 Å². The van der Waals surface area contributed by atoms with Gasteiger partial charge in [-0.25, -0.2) is 0 Å². The fourth-order valence-corrected chi connectivity index (χ4v) is 10.8. The van der Waals surface area contributed by atoms with Crippen molar-refractivity contribution in [3.63, 3.8) is 0 Å². The van der Waals surface area contributed by atoms with Gasteiger partial charge in [-0.05, 0) is 0 Å². The number of hydrogen-bond donors (Lipinski definition) is 0. The molecule has 2 atom stereocenters. The van der Waals surface area contributed by atoms with Crippen LogP contribution in [0.5, 0.6) is 0 Å². The molecule has 0 amide bonds. The molecule has 2 aromatic carbocycles. The molecule has 0 N–H and O–H groups in total. The van der Waals surface area contributed by atoms with Crippen molar-refractivity contribution in [3.8, 4) is 0 Å². The van der Waals surface area contributed by atoms with Crippen LogP contribution in [0.4, 0.5) is 0 Å². The van der Waals surface area contributed by atoms with E-state index in [1.54, 1.807) is 29.4 Å². The Bertz CT molecular complexity index is 615. The second-order valence-electron chi connectivity index (χ2n) is 4.31. The van der Waals surface area contributed by atoms with Crippen molar-refractivity contribution in [2.75, 3.05) is 0 Å². The van der Waals surface area contributed by atoms with Gasteiger partial charge >= 0.3 is 125 Å². The van der Waals surface area contributed by atoms with Crippen LogP contribution in [0.15, 0.2) is 60.7 Å². The molecule has 1 aliphatic heterocycles. The minimum atomic E-state index is -0.328. The van der Waals surface area contributed by atoms with Crippen LogP contribution in [0.1, 0.15) is 16.8 Å². The van der Waals surface area contributed by atoms with E-state index in [0.29, 0.717) is 5.66 Å². The molecule has 0 nitrogen and oxygen atoms in total. The van der Waals surface area contributed by atoms with Crippen LogP contribution in [-0.2, 0) is 24.1 Å². The van der Waals surface area contributed by atoms with Crippen molar-refractivity contribution >= 4 is 23.9 Å². The Balaban J connectivity index is 0.00000133. The fourth-order valence-electron chi connectivity index (χ4n) is 2.27. The second kappa shape index (κ2) is 10.4. The summed E-state index contributed by atoms with van der Waals surface area (Å²) in [6, 6.07) is 21.9. The van der Waals surface area contributed by atoms with Gasteiger partial charge in [0.1, 0.15) is 0 Å². The van der Waals surface area contributed by atoms with E-state index in [-0.39, 0.29) is 42.1 Å². The van der Waals surface area contributed by atoms with Crippen molar-refractivity contribution in [1.29, 1.82) is 0 Å². The number of hydrogen-bond acceptors (Lipinski definition) is 0. The molecule has 0 bridgehead atoms. The van der Waals surface area contributed by atoms with E-state index in [1.807, 2.05) is 0 Å². The second-order valence-corrected chi connectivity index (χ2v) is 11.8. The Kier molecular flexibility index (Phi) is 10.8. The summed E-state index contributed by atoms with van der Waals surface area (Å²) in [5, 5.41) is 1.60. The molecule has 0 aliphatic carbocycles. The predicted molar refractivity (Wildman–Crippen MR) is 81.0 cm³/mol. The van der Waals surface area contributed by atoms with Gasteiger partial charge in [0.2, 0.25) is 0 Å². The molecule has 0 saturated heterocycles. The molecule has 1 aliphatic rings. The van der Waals surface area contributed by atoms with Gasteiger partial charge in [-0.1, -0.05) is 0 Å². The van der Waals surface area contributed by atoms with E-state index in [2.05, 4.69) is 66.2 Å². The van der Waals surface area contributed by atoms with Gasteiger partial charge in [0, 0.05) is 0 Å². The monoisotopic (exact) mass is 450 g/mol. The first-order valence-corrected chi connectivity index (χ1v) is 12.3. The summed E-state index contributed by atoms with van der Waals surface area (Å²) in [5.41, 5.74) is 6.16. The van der Waals surface area contributed by atoms with Crippen molar-refractivity contribution in [3.05, 3.63) is 71.8 Å². The third kappa shape index (κ3) is 5.07. The van der Waals surface area contributed by atoms with E-state index in [1.165, 1.54) is 19.3 Å². The molecule has 0 spiro atoms. The Morgan fingerprint density at radius 1 is 0.810 bits per heavy atom. The average Bonchev–Trinajstić information content (AvgIpc) is 2.83. The van der Waals surface area contributed by atoms with Crippen molar-refractivity contribution in [2.45, 2.75) is 5.66 Å². The first-order chi connectivity index (χ1) is 8.86. The predicted octanol–water partition coefficient (Wildman–Crippen LogP) is -4.64. The summed E-state index contributed by atoms with van der Waals surface area (Å²) < 4.78 is 0.